The van der Waals surface area contributed by atoms with E-state index in [1.807, 2.05) is 13.8 Å². The molecule has 0 aliphatic rings. The van der Waals surface area contributed by atoms with Gasteiger partial charge in [-0.05, 0) is 43.7 Å². The molecular formula is C16H15ClF3N. The van der Waals surface area contributed by atoms with Crippen LogP contribution in [0.25, 0.3) is 0 Å². The van der Waals surface area contributed by atoms with Crippen molar-refractivity contribution in [1.82, 2.24) is 5.32 Å². The summed E-state index contributed by atoms with van der Waals surface area (Å²) in [6, 6.07) is 4.17. The lowest BCUT2D eigenvalue weighted by atomic mass is 9.93. The fraction of sp³-hybridized carbons (Fsp3) is 0.250. The lowest BCUT2D eigenvalue weighted by Crippen LogP contribution is -2.21. The minimum Gasteiger partial charge on any atom is -0.309 e. The van der Waals surface area contributed by atoms with Gasteiger partial charge in [-0.2, -0.15) is 0 Å². The number of halogens is 4. The molecule has 0 spiro atoms. The minimum absolute atomic E-state index is 0.205. The third-order valence-corrected chi connectivity index (χ3v) is 3.89. The van der Waals surface area contributed by atoms with E-state index in [1.54, 1.807) is 19.2 Å². The molecule has 0 radical (unpaired) electrons. The largest absolute Gasteiger partial charge is 0.309 e. The van der Waals surface area contributed by atoms with Gasteiger partial charge >= 0.3 is 0 Å². The van der Waals surface area contributed by atoms with Crippen LogP contribution in [-0.4, -0.2) is 7.05 Å². The normalized spacial score (nSPS) is 12.5. The van der Waals surface area contributed by atoms with Crippen LogP contribution in [0.2, 0.25) is 5.02 Å². The van der Waals surface area contributed by atoms with Crippen molar-refractivity contribution in [1.29, 1.82) is 0 Å². The Hall–Kier alpha value is -1.52. The Morgan fingerprint density at radius 3 is 2.05 bits per heavy atom. The average molecular weight is 314 g/mol. The van der Waals surface area contributed by atoms with Gasteiger partial charge in [0.05, 0.1) is 6.04 Å². The van der Waals surface area contributed by atoms with Crippen molar-refractivity contribution < 1.29 is 13.2 Å². The summed E-state index contributed by atoms with van der Waals surface area (Å²) in [7, 11) is 1.59. The highest BCUT2D eigenvalue weighted by Gasteiger charge is 2.23. The van der Waals surface area contributed by atoms with Crippen LogP contribution in [0.4, 0.5) is 13.2 Å². The van der Waals surface area contributed by atoms with Crippen molar-refractivity contribution >= 4 is 11.6 Å². The van der Waals surface area contributed by atoms with Crippen molar-refractivity contribution in [3.63, 3.8) is 0 Å². The average Bonchev–Trinajstić information content (AvgIpc) is 2.38. The molecule has 112 valence electrons. The monoisotopic (exact) mass is 313 g/mol. The Labute approximate surface area is 126 Å². The maximum absolute atomic E-state index is 14.0. The predicted octanol–water partition coefficient (Wildman–Crippen LogP) is 4.68. The Balaban J connectivity index is 2.63. The fourth-order valence-electron chi connectivity index (χ4n) is 2.40. The molecule has 0 heterocycles. The summed E-state index contributed by atoms with van der Waals surface area (Å²) in [5.41, 5.74) is 2.10. The number of hydrogen-bond donors (Lipinski definition) is 1. The van der Waals surface area contributed by atoms with E-state index < -0.39 is 23.5 Å². The molecule has 1 N–H and O–H groups in total. The van der Waals surface area contributed by atoms with E-state index in [4.69, 9.17) is 11.6 Å². The van der Waals surface area contributed by atoms with E-state index in [9.17, 15) is 13.2 Å². The first-order chi connectivity index (χ1) is 9.85. The summed E-state index contributed by atoms with van der Waals surface area (Å²) in [4.78, 5) is 0. The van der Waals surface area contributed by atoms with E-state index in [1.165, 1.54) is 0 Å². The number of hydrogen-bond acceptors (Lipinski definition) is 1. The summed E-state index contributed by atoms with van der Waals surface area (Å²) in [5, 5.41) is 3.47. The molecule has 21 heavy (non-hydrogen) atoms. The Morgan fingerprint density at radius 1 is 0.952 bits per heavy atom. The number of rotatable bonds is 3. The molecule has 0 fully saturated rings. The topological polar surface area (TPSA) is 12.0 Å². The molecule has 0 saturated carbocycles. The molecule has 5 heteroatoms. The van der Waals surface area contributed by atoms with Crippen molar-refractivity contribution in [3.8, 4) is 0 Å². The molecule has 1 nitrogen and oxygen atoms in total. The summed E-state index contributed by atoms with van der Waals surface area (Å²) < 4.78 is 41.1. The second-order valence-electron chi connectivity index (χ2n) is 4.96. The summed E-state index contributed by atoms with van der Waals surface area (Å²) in [6.45, 7) is 3.62. The van der Waals surface area contributed by atoms with Crippen molar-refractivity contribution in [2.75, 3.05) is 7.05 Å². The third-order valence-electron chi connectivity index (χ3n) is 3.48. The third kappa shape index (κ3) is 3.06. The maximum atomic E-state index is 14.0. The van der Waals surface area contributed by atoms with Crippen molar-refractivity contribution in [2.24, 2.45) is 0 Å². The smallest absolute Gasteiger partial charge is 0.134 e. The van der Waals surface area contributed by atoms with Crippen molar-refractivity contribution in [3.05, 3.63) is 69.0 Å². The maximum Gasteiger partial charge on any atom is 0.134 e. The second kappa shape index (κ2) is 6.08. The van der Waals surface area contributed by atoms with E-state index in [0.29, 0.717) is 22.7 Å². The Bertz CT molecular complexity index is 662. The highest BCUT2D eigenvalue weighted by atomic mass is 35.5. The van der Waals surface area contributed by atoms with Gasteiger partial charge in [0.2, 0.25) is 0 Å². The summed E-state index contributed by atoms with van der Waals surface area (Å²) >= 11 is 6.04. The van der Waals surface area contributed by atoms with Gasteiger partial charge in [0.15, 0.2) is 0 Å². The number of aryl methyl sites for hydroxylation is 2. The van der Waals surface area contributed by atoms with Gasteiger partial charge in [0, 0.05) is 22.7 Å². The van der Waals surface area contributed by atoms with Gasteiger partial charge in [-0.3, -0.25) is 0 Å². The lowest BCUT2D eigenvalue weighted by molar-refractivity contribution is 0.499. The first kappa shape index (κ1) is 15.9. The van der Waals surface area contributed by atoms with Crippen LogP contribution in [0.3, 0.4) is 0 Å². The molecule has 0 saturated heterocycles. The zero-order valence-electron chi connectivity index (χ0n) is 11.9. The second-order valence-corrected chi connectivity index (χ2v) is 5.37. The van der Waals surface area contributed by atoms with E-state index in [2.05, 4.69) is 5.32 Å². The highest BCUT2D eigenvalue weighted by molar-refractivity contribution is 6.31. The van der Waals surface area contributed by atoms with Crippen LogP contribution in [0.1, 0.15) is 28.3 Å². The van der Waals surface area contributed by atoms with Crippen LogP contribution < -0.4 is 5.32 Å². The fourth-order valence-corrected chi connectivity index (χ4v) is 2.62. The first-order valence-electron chi connectivity index (χ1n) is 6.43. The zero-order chi connectivity index (χ0) is 15.7. The molecule has 1 atom stereocenters. The van der Waals surface area contributed by atoms with Gasteiger partial charge in [-0.25, -0.2) is 13.2 Å². The van der Waals surface area contributed by atoms with E-state index in [-0.39, 0.29) is 5.56 Å². The molecule has 2 aromatic rings. The quantitative estimate of drug-likeness (QED) is 0.867. The molecule has 0 bridgehead atoms. The SMILES string of the molecule is CNC(c1cc(C)c(Cl)cc1C)c1c(F)cc(F)cc1F. The molecule has 0 aliphatic carbocycles. The molecule has 0 amide bonds. The standard InChI is InChI=1S/C16H15ClF3N/c1-8-5-12(17)9(2)4-11(8)16(21-3)15-13(19)6-10(18)7-14(15)20/h4-7,16,21H,1-3H3. The lowest BCUT2D eigenvalue weighted by Gasteiger charge is -2.21. The van der Waals surface area contributed by atoms with Crippen LogP contribution in [0.15, 0.2) is 24.3 Å². The molecule has 2 rings (SSSR count). The molecule has 2 aromatic carbocycles. The molecule has 1 unspecified atom stereocenters. The number of benzene rings is 2. The van der Waals surface area contributed by atoms with Crippen LogP contribution in [-0.2, 0) is 0 Å². The van der Waals surface area contributed by atoms with Crippen LogP contribution in [0, 0.1) is 31.3 Å². The molecular weight excluding hydrogens is 299 g/mol. The first-order valence-corrected chi connectivity index (χ1v) is 6.81. The van der Waals surface area contributed by atoms with Gasteiger partial charge in [-0.15, -0.1) is 0 Å². The van der Waals surface area contributed by atoms with E-state index >= 15 is 0 Å². The van der Waals surface area contributed by atoms with Crippen LogP contribution in [0.5, 0.6) is 0 Å². The Kier molecular flexibility index (Phi) is 4.59. The Morgan fingerprint density at radius 2 is 1.52 bits per heavy atom. The number of nitrogens with one attached hydrogen (secondary N) is 1. The van der Waals surface area contributed by atoms with Crippen LogP contribution >= 0.6 is 11.6 Å². The van der Waals surface area contributed by atoms with Crippen molar-refractivity contribution in [2.45, 2.75) is 19.9 Å². The van der Waals surface area contributed by atoms with Gasteiger partial charge in [0.1, 0.15) is 17.5 Å². The molecule has 0 aromatic heterocycles. The minimum atomic E-state index is -0.937. The highest BCUT2D eigenvalue weighted by Crippen LogP contribution is 2.32. The summed E-state index contributed by atoms with van der Waals surface area (Å²) in [5.74, 6) is -2.77. The zero-order valence-corrected chi connectivity index (χ0v) is 12.7. The molecule has 0 aliphatic heterocycles. The van der Waals surface area contributed by atoms with Gasteiger partial charge in [0.25, 0.3) is 0 Å². The predicted molar refractivity (Wildman–Crippen MR) is 78.1 cm³/mol. The van der Waals surface area contributed by atoms with Gasteiger partial charge < -0.3 is 5.32 Å². The summed E-state index contributed by atoms with van der Waals surface area (Å²) in [6.07, 6.45) is 0. The van der Waals surface area contributed by atoms with E-state index in [0.717, 1.165) is 11.1 Å². The van der Waals surface area contributed by atoms with Gasteiger partial charge in [-0.1, -0.05) is 17.7 Å².